The first kappa shape index (κ1) is 18.9. The molecule has 30 heavy (non-hydrogen) atoms. The van der Waals surface area contributed by atoms with Crippen LogP contribution in [0.3, 0.4) is 0 Å². The highest BCUT2D eigenvalue weighted by atomic mass is 35.5. The van der Waals surface area contributed by atoms with Gasteiger partial charge in [0.25, 0.3) is 0 Å². The third-order valence-electron chi connectivity index (χ3n) is 5.95. The van der Waals surface area contributed by atoms with Gasteiger partial charge in [0.2, 0.25) is 0 Å². The molecule has 4 aromatic carbocycles. The summed E-state index contributed by atoms with van der Waals surface area (Å²) in [5, 5.41) is 12.8. The van der Waals surface area contributed by atoms with E-state index in [0.29, 0.717) is 11.4 Å². The van der Waals surface area contributed by atoms with E-state index >= 15 is 0 Å². The molecule has 1 N–H and O–H groups in total. The van der Waals surface area contributed by atoms with Gasteiger partial charge in [0, 0.05) is 28.4 Å². The van der Waals surface area contributed by atoms with E-state index in [1.54, 1.807) is 0 Å². The summed E-state index contributed by atoms with van der Waals surface area (Å²) in [7, 11) is 0. The lowest BCUT2D eigenvalue weighted by Gasteiger charge is -2.47. The summed E-state index contributed by atoms with van der Waals surface area (Å²) in [5.74, 6) is 0. The van der Waals surface area contributed by atoms with E-state index in [-0.39, 0.29) is 6.04 Å². The van der Waals surface area contributed by atoms with Gasteiger partial charge in [-0.25, -0.2) is 0 Å². The van der Waals surface area contributed by atoms with Crippen LogP contribution >= 0.6 is 11.6 Å². The number of para-hydroxylation sites is 2. The Balaban J connectivity index is 1.75. The van der Waals surface area contributed by atoms with Crippen LogP contribution in [0.25, 0.3) is 0 Å². The maximum Gasteiger partial charge on any atom is 0.119 e. The number of fused-ring (bicyclic) bond motifs is 1. The van der Waals surface area contributed by atoms with Gasteiger partial charge in [0.1, 0.15) is 5.60 Å². The summed E-state index contributed by atoms with van der Waals surface area (Å²) >= 11 is 6.17. The number of anilines is 2. The summed E-state index contributed by atoms with van der Waals surface area (Å²) in [6.45, 7) is 0. The zero-order valence-electron chi connectivity index (χ0n) is 16.4. The van der Waals surface area contributed by atoms with Crippen molar-refractivity contribution in [1.29, 1.82) is 0 Å². The van der Waals surface area contributed by atoms with Gasteiger partial charge in [-0.3, -0.25) is 0 Å². The Hall–Kier alpha value is -3.07. The molecule has 1 aliphatic rings. The van der Waals surface area contributed by atoms with Crippen LogP contribution in [0.1, 0.15) is 29.2 Å². The minimum absolute atomic E-state index is 0.0511. The van der Waals surface area contributed by atoms with Crippen LogP contribution in [0.5, 0.6) is 0 Å². The first-order valence-corrected chi connectivity index (χ1v) is 10.5. The van der Waals surface area contributed by atoms with Crippen LogP contribution in [0.15, 0.2) is 109 Å². The minimum atomic E-state index is -1.09. The van der Waals surface area contributed by atoms with Crippen LogP contribution in [-0.2, 0) is 5.60 Å². The first-order valence-electron chi connectivity index (χ1n) is 10.1. The fourth-order valence-electron chi connectivity index (χ4n) is 4.53. The number of aliphatic hydroxyl groups is 1. The number of rotatable bonds is 3. The van der Waals surface area contributed by atoms with E-state index in [4.69, 9.17) is 11.6 Å². The van der Waals surface area contributed by atoms with Crippen molar-refractivity contribution < 1.29 is 5.11 Å². The Morgan fingerprint density at radius 2 is 1.33 bits per heavy atom. The molecule has 0 radical (unpaired) electrons. The van der Waals surface area contributed by atoms with Gasteiger partial charge < -0.3 is 10.0 Å². The van der Waals surface area contributed by atoms with Crippen LogP contribution in [0.4, 0.5) is 11.4 Å². The quantitative estimate of drug-likeness (QED) is 0.398. The molecular weight excluding hydrogens is 390 g/mol. The largest absolute Gasteiger partial charge is 0.380 e. The molecule has 1 aliphatic heterocycles. The summed E-state index contributed by atoms with van der Waals surface area (Å²) in [4.78, 5) is 2.33. The van der Waals surface area contributed by atoms with Gasteiger partial charge in [-0.2, -0.15) is 0 Å². The van der Waals surface area contributed by atoms with Gasteiger partial charge in [-0.05, 0) is 41.5 Å². The molecule has 0 aliphatic carbocycles. The van der Waals surface area contributed by atoms with Crippen molar-refractivity contribution in [3.8, 4) is 0 Å². The molecule has 1 heterocycles. The average molecular weight is 412 g/mol. The molecule has 3 heteroatoms. The molecule has 0 amide bonds. The monoisotopic (exact) mass is 411 g/mol. The Bertz CT molecular complexity index is 1140. The van der Waals surface area contributed by atoms with Crippen LogP contribution in [0, 0.1) is 0 Å². The predicted octanol–water partition coefficient (Wildman–Crippen LogP) is 6.86. The average Bonchev–Trinajstić information content (AvgIpc) is 2.81. The summed E-state index contributed by atoms with van der Waals surface area (Å²) in [6.07, 6.45) is 0.532. The first-order chi connectivity index (χ1) is 14.7. The van der Waals surface area contributed by atoms with Crippen molar-refractivity contribution in [2.75, 3.05) is 4.90 Å². The molecule has 0 bridgehead atoms. The summed E-state index contributed by atoms with van der Waals surface area (Å²) < 4.78 is 0. The molecule has 0 fully saturated rings. The van der Waals surface area contributed by atoms with Crippen LogP contribution in [0.2, 0.25) is 5.02 Å². The van der Waals surface area contributed by atoms with E-state index in [1.165, 1.54) is 0 Å². The maximum absolute atomic E-state index is 12.1. The molecule has 2 atom stereocenters. The molecule has 0 saturated carbocycles. The lowest BCUT2D eigenvalue weighted by molar-refractivity contribution is 0.0578. The maximum atomic E-state index is 12.1. The second-order valence-electron chi connectivity index (χ2n) is 7.72. The fraction of sp³-hybridized carbons (Fsp3) is 0.111. The molecule has 4 aromatic rings. The molecule has 0 unspecified atom stereocenters. The highest BCUT2D eigenvalue weighted by molar-refractivity contribution is 6.30. The molecule has 5 rings (SSSR count). The van der Waals surface area contributed by atoms with Crippen molar-refractivity contribution in [2.45, 2.75) is 18.1 Å². The standard InChI is InChI=1S/C27H22ClNO/c28-22-17-15-20(16-18-22)26-19-27(30,21-9-3-1-4-10-21)24-13-7-8-14-25(24)29(26)23-11-5-2-6-12-23/h1-18,26,30H,19H2/t26-,27-/m1/s1. The summed E-state index contributed by atoms with van der Waals surface area (Å²) in [5.41, 5.74) is 3.97. The second kappa shape index (κ2) is 7.64. The van der Waals surface area contributed by atoms with Gasteiger partial charge >= 0.3 is 0 Å². The van der Waals surface area contributed by atoms with Gasteiger partial charge in [0.15, 0.2) is 0 Å². The highest BCUT2D eigenvalue weighted by Crippen LogP contribution is 2.52. The van der Waals surface area contributed by atoms with Crippen molar-refractivity contribution >= 4 is 23.0 Å². The number of halogens is 1. The molecule has 0 aromatic heterocycles. The van der Waals surface area contributed by atoms with Gasteiger partial charge in [-0.15, -0.1) is 0 Å². The van der Waals surface area contributed by atoms with E-state index in [2.05, 4.69) is 47.4 Å². The predicted molar refractivity (Wildman–Crippen MR) is 123 cm³/mol. The third-order valence-corrected chi connectivity index (χ3v) is 6.20. The van der Waals surface area contributed by atoms with E-state index in [9.17, 15) is 5.11 Å². The minimum Gasteiger partial charge on any atom is -0.380 e. The molecule has 2 nitrogen and oxygen atoms in total. The summed E-state index contributed by atoms with van der Waals surface area (Å²) in [6, 6.07) is 36.4. The van der Waals surface area contributed by atoms with Crippen molar-refractivity contribution in [1.82, 2.24) is 0 Å². The van der Waals surface area contributed by atoms with Crippen molar-refractivity contribution in [3.05, 3.63) is 131 Å². The number of benzene rings is 4. The molecule has 0 saturated heterocycles. The van der Waals surface area contributed by atoms with Crippen LogP contribution in [-0.4, -0.2) is 5.11 Å². The topological polar surface area (TPSA) is 23.5 Å². The van der Waals surface area contributed by atoms with E-state index in [0.717, 1.165) is 28.1 Å². The number of nitrogens with zero attached hydrogens (tertiary/aromatic N) is 1. The number of hydrogen-bond donors (Lipinski definition) is 1. The number of hydrogen-bond acceptors (Lipinski definition) is 2. The van der Waals surface area contributed by atoms with Crippen molar-refractivity contribution in [2.24, 2.45) is 0 Å². The SMILES string of the molecule is O[C@@]1(c2ccccc2)C[C@H](c2ccc(Cl)cc2)N(c2ccccc2)c2ccccc21. The zero-order chi connectivity index (χ0) is 20.6. The smallest absolute Gasteiger partial charge is 0.119 e. The zero-order valence-corrected chi connectivity index (χ0v) is 17.2. The Morgan fingerprint density at radius 1 is 0.733 bits per heavy atom. The molecule has 0 spiro atoms. The Labute approximate surface area is 182 Å². The van der Waals surface area contributed by atoms with E-state index in [1.807, 2.05) is 66.7 Å². The normalized spacial score (nSPS) is 20.6. The molecule has 148 valence electrons. The Kier molecular flexibility index (Phi) is 4.82. The molecular formula is C27H22ClNO. The van der Waals surface area contributed by atoms with Crippen molar-refractivity contribution in [3.63, 3.8) is 0 Å². The third kappa shape index (κ3) is 3.19. The van der Waals surface area contributed by atoms with Gasteiger partial charge in [0.05, 0.1) is 6.04 Å². The lowest BCUT2D eigenvalue weighted by Crippen LogP contribution is -2.41. The lowest BCUT2D eigenvalue weighted by atomic mass is 9.75. The van der Waals surface area contributed by atoms with Crippen LogP contribution < -0.4 is 4.90 Å². The second-order valence-corrected chi connectivity index (χ2v) is 8.16. The fourth-order valence-corrected chi connectivity index (χ4v) is 4.66. The van der Waals surface area contributed by atoms with E-state index < -0.39 is 5.60 Å². The highest BCUT2D eigenvalue weighted by Gasteiger charge is 2.44. The van der Waals surface area contributed by atoms with Gasteiger partial charge in [-0.1, -0.05) is 90.5 Å². The Morgan fingerprint density at radius 3 is 2.03 bits per heavy atom.